The molecule has 0 aliphatic rings. The van der Waals surface area contributed by atoms with E-state index in [9.17, 15) is 4.79 Å². The minimum absolute atomic E-state index is 0.130. The van der Waals surface area contributed by atoms with Crippen LogP contribution in [0.5, 0.6) is 5.75 Å². The van der Waals surface area contributed by atoms with Gasteiger partial charge in [-0.25, -0.2) is 0 Å². The van der Waals surface area contributed by atoms with Gasteiger partial charge in [-0.3, -0.25) is 9.89 Å². The fourth-order valence-electron chi connectivity index (χ4n) is 1.98. The fourth-order valence-corrected chi connectivity index (χ4v) is 2.34. The number of carboxylic acid groups (broad SMARTS) is 1. The number of nitrogens with zero attached hydrogens (tertiary/aromatic N) is 1. The molecule has 0 spiro atoms. The lowest BCUT2D eigenvalue weighted by Gasteiger charge is -2.10. The van der Waals surface area contributed by atoms with Gasteiger partial charge >= 0.3 is 5.97 Å². The molecule has 0 saturated heterocycles. The first-order valence-corrected chi connectivity index (χ1v) is 6.41. The molecule has 1 heterocycles. The number of benzene rings is 1. The third kappa shape index (κ3) is 2.78. The molecule has 0 aliphatic carbocycles. The largest absolute Gasteiger partial charge is 0.496 e. The zero-order chi connectivity index (χ0) is 14.0. The summed E-state index contributed by atoms with van der Waals surface area (Å²) in [6.45, 7) is 1.86. The highest BCUT2D eigenvalue weighted by Gasteiger charge is 2.18. The summed E-state index contributed by atoms with van der Waals surface area (Å²) < 4.78 is 6.22. The summed E-state index contributed by atoms with van der Waals surface area (Å²) in [6.07, 6.45) is -0.130. The number of aliphatic carboxylic acids is 1. The number of ether oxygens (including phenoxy) is 1. The average molecular weight is 325 g/mol. The van der Waals surface area contributed by atoms with Gasteiger partial charge in [-0.2, -0.15) is 5.10 Å². The number of hydrogen-bond acceptors (Lipinski definition) is 3. The van der Waals surface area contributed by atoms with E-state index in [2.05, 4.69) is 26.1 Å². The standard InChI is InChI=1S/C13H13BrN2O3/c1-7-13(10(16-15-7)6-12(17)18)9-5-8(14)3-4-11(9)19-2/h3-5H,6H2,1-2H3,(H,15,16)(H,17,18). The van der Waals surface area contributed by atoms with Crippen LogP contribution in [-0.2, 0) is 11.2 Å². The molecule has 2 rings (SSSR count). The van der Waals surface area contributed by atoms with Crippen molar-refractivity contribution >= 4 is 21.9 Å². The van der Waals surface area contributed by atoms with E-state index in [1.807, 2.05) is 25.1 Å². The average Bonchev–Trinajstić information content (AvgIpc) is 2.69. The number of hydrogen-bond donors (Lipinski definition) is 2. The Bertz CT molecular complexity index is 622. The van der Waals surface area contributed by atoms with Crippen molar-refractivity contribution in [1.29, 1.82) is 0 Å². The number of halogens is 1. The number of rotatable bonds is 4. The van der Waals surface area contributed by atoms with Crippen molar-refractivity contribution in [1.82, 2.24) is 10.2 Å². The summed E-state index contributed by atoms with van der Waals surface area (Å²) in [7, 11) is 1.58. The molecule has 1 aromatic carbocycles. The molecule has 0 aliphatic heterocycles. The van der Waals surface area contributed by atoms with Crippen LogP contribution in [-0.4, -0.2) is 28.4 Å². The maximum atomic E-state index is 10.9. The van der Waals surface area contributed by atoms with Gasteiger partial charge in [0.2, 0.25) is 0 Å². The van der Waals surface area contributed by atoms with Gasteiger partial charge in [-0.05, 0) is 25.1 Å². The van der Waals surface area contributed by atoms with Gasteiger partial charge in [-0.15, -0.1) is 0 Å². The van der Waals surface area contributed by atoms with Gasteiger partial charge < -0.3 is 9.84 Å². The van der Waals surface area contributed by atoms with Crippen molar-refractivity contribution in [3.05, 3.63) is 34.1 Å². The lowest BCUT2D eigenvalue weighted by atomic mass is 10.0. The van der Waals surface area contributed by atoms with Crippen LogP contribution in [0.4, 0.5) is 0 Å². The lowest BCUT2D eigenvalue weighted by Crippen LogP contribution is -2.02. The Labute approximate surface area is 118 Å². The second-order valence-electron chi connectivity index (χ2n) is 4.09. The molecule has 6 heteroatoms. The second-order valence-corrected chi connectivity index (χ2v) is 5.00. The van der Waals surface area contributed by atoms with Crippen LogP contribution in [0.3, 0.4) is 0 Å². The monoisotopic (exact) mass is 324 g/mol. The number of nitrogens with one attached hydrogen (secondary N) is 1. The van der Waals surface area contributed by atoms with E-state index in [-0.39, 0.29) is 6.42 Å². The van der Waals surface area contributed by atoms with Crippen LogP contribution in [0.15, 0.2) is 22.7 Å². The Balaban J connectivity index is 2.60. The van der Waals surface area contributed by atoms with E-state index < -0.39 is 5.97 Å². The first-order valence-electron chi connectivity index (χ1n) is 5.62. The Hall–Kier alpha value is -1.82. The summed E-state index contributed by atoms with van der Waals surface area (Å²) in [4.78, 5) is 10.9. The predicted molar refractivity (Wildman–Crippen MR) is 74.4 cm³/mol. The van der Waals surface area contributed by atoms with E-state index in [4.69, 9.17) is 9.84 Å². The Morgan fingerprint density at radius 3 is 2.89 bits per heavy atom. The lowest BCUT2D eigenvalue weighted by molar-refractivity contribution is -0.136. The molecule has 2 N–H and O–H groups in total. The first kappa shape index (κ1) is 13.6. The topological polar surface area (TPSA) is 75.2 Å². The fraction of sp³-hybridized carbons (Fsp3) is 0.231. The summed E-state index contributed by atoms with van der Waals surface area (Å²) in [5, 5.41) is 15.8. The van der Waals surface area contributed by atoms with E-state index >= 15 is 0 Å². The van der Waals surface area contributed by atoms with Gasteiger partial charge in [0.1, 0.15) is 5.75 Å². The summed E-state index contributed by atoms with van der Waals surface area (Å²) >= 11 is 3.41. The van der Waals surface area contributed by atoms with Gasteiger partial charge in [0.05, 0.1) is 19.2 Å². The number of methoxy groups -OCH3 is 1. The molecule has 100 valence electrons. The maximum Gasteiger partial charge on any atom is 0.309 e. The SMILES string of the molecule is COc1ccc(Br)cc1-c1c(CC(=O)O)n[nH]c1C. The minimum atomic E-state index is -0.915. The Kier molecular flexibility index (Phi) is 3.90. The summed E-state index contributed by atoms with van der Waals surface area (Å²) in [5.41, 5.74) is 2.91. The van der Waals surface area contributed by atoms with Crippen molar-refractivity contribution in [3.8, 4) is 16.9 Å². The van der Waals surface area contributed by atoms with Crippen LogP contribution >= 0.6 is 15.9 Å². The number of aryl methyl sites for hydroxylation is 1. The van der Waals surface area contributed by atoms with Crippen molar-refractivity contribution in [2.24, 2.45) is 0 Å². The zero-order valence-electron chi connectivity index (χ0n) is 10.5. The molecule has 0 amide bonds. The molecule has 1 aromatic heterocycles. The summed E-state index contributed by atoms with van der Waals surface area (Å²) in [5.74, 6) is -0.235. The van der Waals surface area contributed by atoms with E-state index in [1.54, 1.807) is 7.11 Å². The first-order chi connectivity index (χ1) is 9.02. The molecule has 0 unspecified atom stereocenters. The van der Waals surface area contributed by atoms with Crippen molar-refractivity contribution in [2.45, 2.75) is 13.3 Å². The molecular weight excluding hydrogens is 312 g/mol. The third-order valence-corrected chi connectivity index (χ3v) is 3.26. The minimum Gasteiger partial charge on any atom is -0.496 e. The van der Waals surface area contributed by atoms with Gasteiger partial charge in [-0.1, -0.05) is 15.9 Å². The molecule has 19 heavy (non-hydrogen) atoms. The molecular formula is C13H13BrN2O3. The van der Waals surface area contributed by atoms with Crippen LogP contribution in [0.1, 0.15) is 11.4 Å². The van der Waals surface area contributed by atoms with Crippen molar-refractivity contribution < 1.29 is 14.6 Å². The smallest absolute Gasteiger partial charge is 0.309 e. The highest BCUT2D eigenvalue weighted by molar-refractivity contribution is 9.10. The van der Waals surface area contributed by atoms with Gasteiger partial charge in [0, 0.05) is 21.3 Å². The maximum absolute atomic E-state index is 10.9. The molecule has 0 radical (unpaired) electrons. The number of carboxylic acids is 1. The van der Waals surface area contributed by atoms with Crippen LogP contribution in [0, 0.1) is 6.92 Å². The molecule has 0 atom stereocenters. The van der Waals surface area contributed by atoms with E-state index in [0.29, 0.717) is 11.4 Å². The molecule has 5 nitrogen and oxygen atoms in total. The molecule has 2 aromatic rings. The van der Waals surface area contributed by atoms with Crippen LogP contribution in [0.2, 0.25) is 0 Å². The predicted octanol–water partition coefficient (Wildman–Crippen LogP) is 2.78. The Morgan fingerprint density at radius 2 is 2.26 bits per heavy atom. The number of aromatic nitrogens is 2. The van der Waals surface area contributed by atoms with E-state index in [1.165, 1.54) is 0 Å². The van der Waals surface area contributed by atoms with Crippen molar-refractivity contribution in [3.63, 3.8) is 0 Å². The highest BCUT2D eigenvalue weighted by Crippen LogP contribution is 2.36. The molecule has 0 bridgehead atoms. The van der Waals surface area contributed by atoms with Gasteiger partial charge in [0.25, 0.3) is 0 Å². The molecule has 0 saturated carbocycles. The normalized spacial score (nSPS) is 10.5. The van der Waals surface area contributed by atoms with Crippen molar-refractivity contribution in [2.75, 3.05) is 7.11 Å². The van der Waals surface area contributed by atoms with Gasteiger partial charge in [0.15, 0.2) is 0 Å². The van der Waals surface area contributed by atoms with Crippen LogP contribution in [0.25, 0.3) is 11.1 Å². The quantitative estimate of drug-likeness (QED) is 0.906. The number of H-pyrrole nitrogens is 1. The second kappa shape index (κ2) is 5.44. The highest BCUT2D eigenvalue weighted by atomic mass is 79.9. The number of carbonyl (C=O) groups is 1. The zero-order valence-corrected chi connectivity index (χ0v) is 12.1. The third-order valence-electron chi connectivity index (χ3n) is 2.77. The number of aromatic amines is 1. The Morgan fingerprint density at radius 1 is 1.53 bits per heavy atom. The summed E-state index contributed by atoms with van der Waals surface area (Å²) in [6, 6.07) is 5.59. The van der Waals surface area contributed by atoms with Crippen LogP contribution < -0.4 is 4.74 Å². The molecule has 0 fully saturated rings. The van der Waals surface area contributed by atoms with E-state index in [0.717, 1.165) is 21.3 Å².